The van der Waals surface area contributed by atoms with Crippen LogP contribution in [-0.4, -0.2) is 42.2 Å². The second kappa shape index (κ2) is 16.0. The number of amides is 1. The summed E-state index contributed by atoms with van der Waals surface area (Å²) in [6, 6.07) is 27.4. The van der Waals surface area contributed by atoms with Crippen LogP contribution >= 0.6 is 11.3 Å². The number of anilines is 1. The maximum absolute atomic E-state index is 13.5. The van der Waals surface area contributed by atoms with Crippen LogP contribution in [0.2, 0.25) is 0 Å². The maximum Gasteiger partial charge on any atom is 0.413 e. The van der Waals surface area contributed by atoms with Crippen LogP contribution in [0.25, 0.3) is 0 Å². The number of carbonyl (C=O) groups excluding carboxylic acids is 4. The molecule has 11 heteroatoms. The van der Waals surface area contributed by atoms with Gasteiger partial charge in [0.25, 0.3) is 0 Å². The molecule has 0 radical (unpaired) electrons. The van der Waals surface area contributed by atoms with Crippen molar-refractivity contribution in [3.63, 3.8) is 0 Å². The van der Waals surface area contributed by atoms with Gasteiger partial charge >= 0.3 is 24.0 Å². The van der Waals surface area contributed by atoms with Crippen LogP contribution in [0.4, 0.5) is 9.93 Å². The number of rotatable bonds is 13. The molecule has 0 aliphatic carbocycles. The van der Waals surface area contributed by atoms with Crippen molar-refractivity contribution in [2.45, 2.75) is 32.0 Å². The van der Waals surface area contributed by atoms with E-state index in [1.807, 2.05) is 78.9 Å². The van der Waals surface area contributed by atoms with Crippen molar-refractivity contribution in [2.75, 3.05) is 18.5 Å². The fraction of sp³-hybridized carbons (Fsp3) is 0.206. The second-order valence-corrected chi connectivity index (χ2v) is 10.3. The molecule has 1 N–H and O–H groups in total. The van der Waals surface area contributed by atoms with Crippen LogP contribution in [0.3, 0.4) is 0 Å². The van der Waals surface area contributed by atoms with E-state index in [1.165, 1.54) is 5.38 Å². The number of thiazole rings is 1. The zero-order valence-electron chi connectivity index (χ0n) is 24.7. The molecule has 0 unspecified atom stereocenters. The van der Waals surface area contributed by atoms with E-state index < -0.39 is 35.5 Å². The van der Waals surface area contributed by atoms with Gasteiger partial charge in [0, 0.05) is 11.5 Å². The van der Waals surface area contributed by atoms with Crippen molar-refractivity contribution >= 4 is 40.5 Å². The number of hydrogen-bond acceptors (Lipinski definition) is 10. The summed E-state index contributed by atoms with van der Waals surface area (Å²) in [5.74, 6) is -2.86. The van der Waals surface area contributed by atoms with Crippen LogP contribution in [-0.2, 0) is 45.4 Å². The SMILES string of the molecule is CCOC(=O)C(C=CC(=O)OC(c1ccccc1)c1ccccc1)(C(=O)OCC)c1csc(NC(=O)OCc2ccccc2)n1. The number of benzene rings is 3. The summed E-state index contributed by atoms with van der Waals surface area (Å²) in [4.78, 5) is 57.0. The average Bonchev–Trinajstić information content (AvgIpc) is 3.53. The summed E-state index contributed by atoms with van der Waals surface area (Å²) in [5, 5.41) is 3.94. The van der Waals surface area contributed by atoms with Gasteiger partial charge in [0.15, 0.2) is 11.2 Å². The van der Waals surface area contributed by atoms with Gasteiger partial charge in [0.2, 0.25) is 5.41 Å². The van der Waals surface area contributed by atoms with Gasteiger partial charge in [-0.2, -0.15) is 0 Å². The molecule has 232 valence electrons. The first-order chi connectivity index (χ1) is 21.9. The Morgan fingerprint density at radius 1 is 0.800 bits per heavy atom. The third-order valence-corrected chi connectivity index (χ3v) is 7.19. The Labute approximate surface area is 264 Å². The highest BCUT2D eigenvalue weighted by molar-refractivity contribution is 7.14. The van der Waals surface area contributed by atoms with Crippen LogP contribution < -0.4 is 5.32 Å². The normalized spacial score (nSPS) is 11.2. The van der Waals surface area contributed by atoms with E-state index in [2.05, 4.69) is 10.3 Å². The quantitative estimate of drug-likeness (QED) is 0.0802. The lowest BCUT2D eigenvalue weighted by Gasteiger charge is -2.24. The number of carbonyl (C=O) groups is 4. The summed E-state index contributed by atoms with van der Waals surface area (Å²) in [5.41, 5.74) is -0.155. The zero-order chi connectivity index (χ0) is 32.1. The van der Waals surface area contributed by atoms with Crippen molar-refractivity contribution in [3.05, 3.63) is 131 Å². The Morgan fingerprint density at radius 3 is 1.87 bits per heavy atom. The minimum atomic E-state index is -2.27. The van der Waals surface area contributed by atoms with Crippen molar-refractivity contribution in [3.8, 4) is 0 Å². The molecule has 0 bridgehead atoms. The van der Waals surface area contributed by atoms with Gasteiger partial charge in [-0.05, 0) is 36.6 Å². The number of nitrogens with zero attached hydrogens (tertiary/aromatic N) is 1. The number of nitrogens with one attached hydrogen (secondary N) is 1. The highest BCUT2D eigenvalue weighted by atomic mass is 32.1. The van der Waals surface area contributed by atoms with E-state index in [0.29, 0.717) is 0 Å². The van der Waals surface area contributed by atoms with Crippen molar-refractivity contribution in [1.29, 1.82) is 0 Å². The molecule has 0 fully saturated rings. The first-order valence-corrected chi connectivity index (χ1v) is 15.0. The first-order valence-electron chi connectivity index (χ1n) is 14.1. The maximum atomic E-state index is 13.5. The summed E-state index contributed by atoms with van der Waals surface area (Å²) in [6.07, 6.45) is 0.490. The minimum absolute atomic E-state index is 0.0261. The van der Waals surface area contributed by atoms with E-state index >= 15 is 0 Å². The topological polar surface area (TPSA) is 130 Å². The first kappa shape index (κ1) is 32.6. The highest BCUT2D eigenvalue weighted by Gasteiger charge is 2.51. The Balaban J connectivity index is 1.62. The third kappa shape index (κ3) is 8.42. The molecule has 0 atom stereocenters. The molecule has 0 saturated heterocycles. The van der Waals surface area contributed by atoms with Gasteiger partial charge < -0.3 is 18.9 Å². The standard InChI is InChI=1S/C34H32N2O8S/c1-3-41-30(38)34(31(39)42-4-2,27-23-45-32(35-27)36-33(40)43-22-24-14-8-5-9-15-24)21-20-28(37)44-29(25-16-10-6-11-17-25)26-18-12-7-13-19-26/h5-21,23,29H,3-4,22H2,1-2H3,(H,35,36,40). The highest BCUT2D eigenvalue weighted by Crippen LogP contribution is 2.33. The molecular formula is C34H32N2O8S. The van der Waals surface area contributed by atoms with Gasteiger partial charge in [0.05, 0.1) is 18.9 Å². The smallest absolute Gasteiger partial charge is 0.413 e. The monoisotopic (exact) mass is 628 g/mol. The molecule has 0 saturated carbocycles. The summed E-state index contributed by atoms with van der Waals surface area (Å²) < 4.78 is 21.6. The van der Waals surface area contributed by atoms with E-state index in [0.717, 1.165) is 40.2 Å². The molecule has 1 heterocycles. The number of hydrogen-bond donors (Lipinski definition) is 1. The fourth-order valence-electron chi connectivity index (χ4n) is 4.30. The molecule has 0 spiro atoms. The Kier molecular flexibility index (Phi) is 11.6. The number of esters is 3. The van der Waals surface area contributed by atoms with Crippen LogP contribution in [0.5, 0.6) is 0 Å². The largest absolute Gasteiger partial charge is 0.465 e. The summed E-state index contributed by atoms with van der Waals surface area (Å²) >= 11 is 0.948. The van der Waals surface area contributed by atoms with Crippen molar-refractivity contribution < 1.29 is 38.1 Å². The predicted molar refractivity (Wildman–Crippen MR) is 167 cm³/mol. The van der Waals surface area contributed by atoms with Gasteiger partial charge in [0.1, 0.15) is 6.61 Å². The van der Waals surface area contributed by atoms with E-state index in [1.54, 1.807) is 26.0 Å². The third-order valence-electron chi connectivity index (χ3n) is 6.43. The van der Waals surface area contributed by atoms with Gasteiger partial charge in [-0.25, -0.2) is 14.6 Å². The number of aromatic nitrogens is 1. The zero-order valence-corrected chi connectivity index (χ0v) is 25.5. The lowest BCUT2D eigenvalue weighted by molar-refractivity contribution is -0.162. The van der Waals surface area contributed by atoms with Gasteiger partial charge in [-0.1, -0.05) is 91.0 Å². The van der Waals surface area contributed by atoms with Crippen molar-refractivity contribution in [1.82, 2.24) is 4.98 Å². The molecular weight excluding hydrogens is 596 g/mol. The molecule has 10 nitrogen and oxygen atoms in total. The van der Waals surface area contributed by atoms with E-state index in [-0.39, 0.29) is 30.6 Å². The van der Waals surface area contributed by atoms with Gasteiger partial charge in [-0.3, -0.25) is 14.9 Å². The molecule has 0 aliphatic heterocycles. The lowest BCUT2D eigenvalue weighted by Crippen LogP contribution is -2.45. The summed E-state index contributed by atoms with van der Waals surface area (Å²) in [6.45, 7) is 3.05. The molecule has 0 aliphatic rings. The van der Waals surface area contributed by atoms with Gasteiger partial charge in [-0.15, -0.1) is 11.3 Å². The lowest BCUT2D eigenvalue weighted by atomic mass is 9.84. The van der Waals surface area contributed by atoms with Crippen LogP contribution in [0.1, 0.15) is 42.3 Å². The Morgan fingerprint density at radius 2 is 1.33 bits per heavy atom. The molecule has 4 rings (SSSR count). The second-order valence-electron chi connectivity index (χ2n) is 9.45. The minimum Gasteiger partial charge on any atom is -0.465 e. The molecule has 3 aromatic carbocycles. The van der Waals surface area contributed by atoms with Crippen molar-refractivity contribution in [2.24, 2.45) is 0 Å². The number of ether oxygens (including phenoxy) is 4. The molecule has 45 heavy (non-hydrogen) atoms. The van der Waals surface area contributed by atoms with E-state index in [9.17, 15) is 19.2 Å². The van der Waals surface area contributed by atoms with E-state index in [4.69, 9.17) is 18.9 Å². The van der Waals surface area contributed by atoms with Crippen LogP contribution in [0, 0.1) is 0 Å². The molecule has 1 aromatic heterocycles. The predicted octanol–water partition coefficient (Wildman–Crippen LogP) is 6.14. The molecule has 4 aromatic rings. The Bertz CT molecular complexity index is 1550. The Hall–Kier alpha value is -5.29. The van der Waals surface area contributed by atoms with Crippen LogP contribution in [0.15, 0.2) is 109 Å². The average molecular weight is 629 g/mol. The fourth-order valence-corrected chi connectivity index (χ4v) is 5.05. The molecule has 1 amide bonds. The summed E-state index contributed by atoms with van der Waals surface area (Å²) in [7, 11) is 0.